The first-order chi connectivity index (χ1) is 25.3. The number of hydrogen-bond acceptors (Lipinski definition) is 6. The maximum atomic E-state index is 13.1. The molecule has 0 bridgehead atoms. The summed E-state index contributed by atoms with van der Waals surface area (Å²) in [6.45, 7) is 8.85. The van der Waals surface area contributed by atoms with Crippen LogP contribution in [0.3, 0.4) is 0 Å². The third-order valence-corrected chi connectivity index (χ3v) is 9.23. The molecule has 5 aromatic rings. The Bertz CT molecular complexity index is 1920. The van der Waals surface area contributed by atoms with Crippen molar-refractivity contribution >= 4 is 36.0 Å². The van der Waals surface area contributed by atoms with Crippen LogP contribution in [0, 0.1) is 19.7 Å². The number of halogens is 3. The SMILES string of the molecule is Cc1ccc(CCOc2ccc(Oc3c(C)cc(C=CC(=O)N4CCN(Cc5ccc(CCOc6ccc(F)cc6)cc5)CC4)cc3Cl)nc2)cc1.Cl. The van der Waals surface area contributed by atoms with Crippen LogP contribution in [-0.4, -0.2) is 60.1 Å². The fraction of sp³-hybridized carbons (Fsp3) is 0.256. The van der Waals surface area contributed by atoms with Crippen LogP contribution < -0.4 is 14.2 Å². The summed E-state index contributed by atoms with van der Waals surface area (Å²) in [4.78, 5) is 21.7. The van der Waals surface area contributed by atoms with Gasteiger partial charge in [0.1, 0.15) is 17.3 Å². The molecule has 1 fully saturated rings. The van der Waals surface area contributed by atoms with Gasteiger partial charge in [-0.1, -0.05) is 65.7 Å². The summed E-state index contributed by atoms with van der Waals surface area (Å²) in [6.07, 6.45) is 6.64. The highest BCUT2D eigenvalue weighted by atomic mass is 35.5. The topological polar surface area (TPSA) is 64.1 Å². The van der Waals surface area contributed by atoms with E-state index in [-0.39, 0.29) is 24.1 Å². The van der Waals surface area contributed by atoms with Gasteiger partial charge in [0, 0.05) is 57.7 Å². The third-order valence-electron chi connectivity index (χ3n) is 8.95. The maximum Gasteiger partial charge on any atom is 0.246 e. The van der Waals surface area contributed by atoms with E-state index >= 15 is 0 Å². The maximum absolute atomic E-state index is 13.1. The Labute approximate surface area is 322 Å². The summed E-state index contributed by atoms with van der Waals surface area (Å²) in [6, 6.07) is 30.4. The van der Waals surface area contributed by atoms with Crippen molar-refractivity contribution in [1.82, 2.24) is 14.8 Å². The summed E-state index contributed by atoms with van der Waals surface area (Å²) in [5, 5.41) is 0.437. The number of carbonyl (C=O) groups is 1. The van der Waals surface area contributed by atoms with Gasteiger partial charge in [-0.15, -0.1) is 12.4 Å². The van der Waals surface area contributed by atoms with Gasteiger partial charge < -0.3 is 19.1 Å². The van der Waals surface area contributed by atoms with E-state index in [0.717, 1.165) is 43.6 Å². The summed E-state index contributed by atoms with van der Waals surface area (Å²) < 4.78 is 30.7. The second kappa shape index (κ2) is 19.3. The minimum atomic E-state index is -0.272. The van der Waals surface area contributed by atoms with Crippen molar-refractivity contribution in [2.24, 2.45) is 0 Å². The molecule has 0 aliphatic carbocycles. The Hall–Kier alpha value is -4.89. The number of benzene rings is 4. The Kier molecular flexibility index (Phi) is 14.3. The van der Waals surface area contributed by atoms with Crippen LogP contribution in [-0.2, 0) is 24.2 Å². The lowest BCUT2D eigenvalue weighted by atomic mass is 10.1. The summed E-state index contributed by atoms with van der Waals surface area (Å²) in [7, 11) is 0. The van der Waals surface area contributed by atoms with Gasteiger partial charge in [0.05, 0.1) is 24.4 Å². The molecule has 1 aliphatic rings. The second-order valence-electron chi connectivity index (χ2n) is 13.0. The quantitative estimate of drug-likeness (QED) is 0.105. The molecule has 1 aromatic heterocycles. The van der Waals surface area contributed by atoms with Gasteiger partial charge in [-0.3, -0.25) is 9.69 Å². The zero-order valence-electron chi connectivity index (χ0n) is 30.0. The summed E-state index contributed by atoms with van der Waals surface area (Å²) in [5.74, 6) is 1.97. The minimum absolute atomic E-state index is 0. The van der Waals surface area contributed by atoms with Crippen molar-refractivity contribution in [3.8, 4) is 23.1 Å². The Morgan fingerprint density at radius 3 is 2.02 bits per heavy atom. The highest BCUT2D eigenvalue weighted by Gasteiger charge is 2.20. The molecule has 1 saturated heterocycles. The first-order valence-corrected chi connectivity index (χ1v) is 17.9. The molecule has 53 heavy (non-hydrogen) atoms. The fourth-order valence-electron chi connectivity index (χ4n) is 5.93. The van der Waals surface area contributed by atoms with E-state index in [4.69, 9.17) is 25.8 Å². The molecule has 0 atom stereocenters. The van der Waals surface area contributed by atoms with Gasteiger partial charge in [0.25, 0.3) is 0 Å². The molecule has 276 valence electrons. The molecule has 6 rings (SSSR count). The molecular weight excluding hydrogens is 712 g/mol. The number of pyridine rings is 1. The Morgan fingerprint density at radius 2 is 1.40 bits per heavy atom. The molecule has 0 N–H and O–H groups in total. The first-order valence-electron chi connectivity index (χ1n) is 17.6. The van der Waals surface area contributed by atoms with Crippen molar-refractivity contribution in [2.45, 2.75) is 33.2 Å². The van der Waals surface area contributed by atoms with E-state index in [1.54, 1.807) is 42.6 Å². The highest BCUT2D eigenvalue weighted by Crippen LogP contribution is 2.34. The normalized spacial score (nSPS) is 13.1. The van der Waals surface area contributed by atoms with Crippen LogP contribution in [0.1, 0.15) is 33.4 Å². The minimum Gasteiger partial charge on any atom is -0.493 e. The zero-order chi connectivity index (χ0) is 36.3. The lowest BCUT2D eigenvalue weighted by Gasteiger charge is -2.34. The largest absolute Gasteiger partial charge is 0.493 e. The molecule has 0 spiro atoms. The monoisotopic (exact) mass is 755 g/mol. The highest BCUT2D eigenvalue weighted by molar-refractivity contribution is 6.32. The van der Waals surface area contributed by atoms with Crippen molar-refractivity contribution in [2.75, 3.05) is 39.4 Å². The average molecular weight is 757 g/mol. The van der Waals surface area contributed by atoms with Crippen LogP contribution >= 0.6 is 24.0 Å². The standard InChI is InChI=1S/C43H43ClFN3O4.ClH/c1-31-3-5-33(6-4-31)20-26-51-39-16-17-41(46-29-39)52-43-32(2)27-36(28-40(43)44)11-18-42(49)48-23-21-47(22-24-48)30-35-9-7-34(8-10-35)19-25-50-38-14-12-37(45)13-15-38;/h3-18,27-29H,19-26,30H2,1-2H3;1H. The van der Waals surface area contributed by atoms with E-state index in [2.05, 4.69) is 65.3 Å². The van der Waals surface area contributed by atoms with E-state index in [0.29, 0.717) is 54.5 Å². The predicted molar refractivity (Wildman–Crippen MR) is 211 cm³/mol. The number of piperazine rings is 1. The van der Waals surface area contributed by atoms with Crippen LogP contribution in [0.25, 0.3) is 6.08 Å². The molecule has 7 nitrogen and oxygen atoms in total. The lowest BCUT2D eigenvalue weighted by Crippen LogP contribution is -2.47. The number of aromatic nitrogens is 1. The van der Waals surface area contributed by atoms with Gasteiger partial charge in [-0.25, -0.2) is 9.37 Å². The van der Waals surface area contributed by atoms with Gasteiger partial charge in [-0.05, 0) is 90.2 Å². The Balaban J connectivity index is 0.00000541. The van der Waals surface area contributed by atoms with Crippen LogP contribution in [0.5, 0.6) is 23.1 Å². The molecule has 10 heteroatoms. The number of nitrogens with zero attached hydrogens (tertiary/aromatic N) is 3. The number of aryl methyl sites for hydroxylation is 2. The molecule has 1 amide bonds. The second-order valence-corrected chi connectivity index (χ2v) is 13.4. The smallest absolute Gasteiger partial charge is 0.246 e. The number of amides is 1. The van der Waals surface area contributed by atoms with E-state index in [1.807, 2.05) is 24.0 Å². The third kappa shape index (κ3) is 11.8. The van der Waals surface area contributed by atoms with Gasteiger partial charge >= 0.3 is 0 Å². The molecule has 0 radical (unpaired) electrons. The van der Waals surface area contributed by atoms with Crippen molar-refractivity contribution in [1.29, 1.82) is 0 Å². The van der Waals surface area contributed by atoms with Gasteiger partial charge in [0.2, 0.25) is 11.8 Å². The van der Waals surface area contributed by atoms with E-state index in [9.17, 15) is 9.18 Å². The average Bonchev–Trinajstić information content (AvgIpc) is 3.15. The number of carbonyl (C=O) groups excluding carboxylic acids is 1. The number of hydrogen-bond donors (Lipinski definition) is 0. The van der Waals surface area contributed by atoms with Gasteiger partial charge in [-0.2, -0.15) is 0 Å². The molecule has 2 heterocycles. The fourth-order valence-corrected chi connectivity index (χ4v) is 6.24. The van der Waals surface area contributed by atoms with E-state index < -0.39 is 0 Å². The predicted octanol–water partition coefficient (Wildman–Crippen LogP) is 9.31. The number of ether oxygens (including phenoxy) is 3. The molecule has 0 saturated carbocycles. The first kappa shape index (κ1) is 39.3. The molecule has 1 aliphatic heterocycles. The zero-order valence-corrected chi connectivity index (χ0v) is 31.5. The Morgan fingerprint density at radius 1 is 0.792 bits per heavy atom. The summed E-state index contributed by atoms with van der Waals surface area (Å²) in [5.41, 5.74) is 6.53. The molecule has 4 aromatic carbocycles. The van der Waals surface area contributed by atoms with Gasteiger partial charge in [0.15, 0.2) is 5.75 Å². The van der Waals surface area contributed by atoms with Crippen molar-refractivity contribution in [3.63, 3.8) is 0 Å². The van der Waals surface area contributed by atoms with E-state index in [1.165, 1.54) is 34.4 Å². The lowest BCUT2D eigenvalue weighted by molar-refractivity contribution is -0.127. The van der Waals surface area contributed by atoms with Crippen molar-refractivity contribution in [3.05, 3.63) is 154 Å². The van der Waals surface area contributed by atoms with Crippen molar-refractivity contribution < 1.29 is 23.4 Å². The molecule has 0 unspecified atom stereocenters. The number of rotatable bonds is 14. The summed E-state index contributed by atoms with van der Waals surface area (Å²) >= 11 is 6.63. The van der Waals surface area contributed by atoms with Crippen LogP contribution in [0.4, 0.5) is 4.39 Å². The van der Waals surface area contributed by atoms with Crippen LogP contribution in [0.15, 0.2) is 109 Å². The van der Waals surface area contributed by atoms with Crippen LogP contribution in [0.2, 0.25) is 5.02 Å². The molecular formula is C43H44Cl2FN3O4.